The number of rotatable bonds is 6. The Morgan fingerprint density at radius 1 is 1.06 bits per heavy atom. The highest BCUT2D eigenvalue weighted by molar-refractivity contribution is 7.91. The highest BCUT2D eigenvalue weighted by Gasteiger charge is 2.43. The second-order valence-corrected chi connectivity index (χ2v) is 13.6. The van der Waals surface area contributed by atoms with Gasteiger partial charge in [0.25, 0.3) is 0 Å². The fourth-order valence-corrected chi connectivity index (χ4v) is 8.06. The summed E-state index contributed by atoms with van der Waals surface area (Å²) in [7, 11) is -2.96. The molecule has 0 radical (unpaired) electrons. The van der Waals surface area contributed by atoms with Gasteiger partial charge in [0.05, 0.1) is 41.8 Å². The van der Waals surface area contributed by atoms with E-state index in [2.05, 4.69) is 16.0 Å². The van der Waals surface area contributed by atoms with E-state index in [9.17, 15) is 17.6 Å². The molecular weight excluding hydrogens is 473 g/mol. The lowest BCUT2D eigenvalue weighted by molar-refractivity contribution is -0.130. The Balaban J connectivity index is 1.42. The van der Waals surface area contributed by atoms with E-state index in [1.54, 1.807) is 0 Å². The van der Waals surface area contributed by atoms with Gasteiger partial charge < -0.3 is 32.2 Å². The van der Waals surface area contributed by atoms with Crippen molar-refractivity contribution in [1.29, 1.82) is 0 Å². The average molecular weight is 518 g/mol. The SMILES string of the molecule is NC(N)C(C(=O)NC1CNCCC1OC1CCS(=O)(=O)CC1)C1CC2(CCCC2)CCC(F)CN1. The molecule has 1 amide bonds. The highest BCUT2D eigenvalue weighted by Crippen LogP contribution is 2.47. The van der Waals surface area contributed by atoms with Crippen molar-refractivity contribution in [2.45, 2.75) is 101 Å². The van der Waals surface area contributed by atoms with E-state index in [0.29, 0.717) is 25.8 Å². The standard InChI is InChI=1S/C24H44FN5O4S/c25-16-3-9-24(7-1-2-8-24)13-18(29-14-16)21(22(26)27)23(31)30-19-15-28-10-4-20(19)34-17-5-11-35(32,33)12-6-17/h16-22,28-29H,1-15,26-27H2,(H,30,31). The Morgan fingerprint density at radius 2 is 1.77 bits per heavy atom. The van der Waals surface area contributed by atoms with E-state index in [0.717, 1.165) is 51.5 Å². The predicted octanol–water partition coefficient (Wildman–Crippen LogP) is 0.327. The number of alkyl halides is 1. The van der Waals surface area contributed by atoms with Crippen LogP contribution >= 0.6 is 0 Å². The molecule has 3 heterocycles. The third-order valence-corrected chi connectivity index (χ3v) is 10.4. The minimum atomic E-state index is -2.96. The van der Waals surface area contributed by atoms with E-state index < -0.39 is 28.1 Å². The van der Waals surface area contributed by atoms with E-state index in [4.69, 9.17) is 16.2 Å². The Kier molecular flexibility index (Phi) is 9.08. The van der Waals surface area contributed by atoms with Crippen LogP contribution in [0.2, 0.25) is 0 Å². The largest absolute Gasteiger partial charge is 0.373 e. The summed E-state index contributed by atoms with van der Waals surface area (Å²) in [6, 6.07) is -0.551. The molecule has 0 aromatic heterocycles. The first-order chi connectivity index (χ1) is 16.7. The van der Waals surface area contributed by atoms with Crippen molar-refractivity contribution in [1.82, 2.24) is 16.0 Å². The number of amides is 1. The monoisotopic (exact) mass is 517 g/mol. The third-order valence-electron chi connectivity index (χ3n) is 8.67. The number of nitrogens with one attached hydrogen (secondary N) is 3. The summed E-state index contributed by atoms with van der Waals surface area (Å²) in [5, 5.41) is 9.76. The van der Waals surface area contributed by atoms with Gasteiger partial charge in [-0.15, -0.1) is 0 Å². The molecule has 5 unspecified atom stereocenters. The first kappa shape index (κ1) is 27.2. The zero-order chi connectivity index (χ0) is 25.1. The van der Waals surface area contributed by atoms with Gasteiger partial charge in [-0.25, -0.2) is 12.8 Å². The van der Waals surface area contributed by atoms with Crippen molar-refractivity contribution in [2.75, 3.05) is 31.1 Å². The molecule has 3 saturated heterocycles. The van der Waals surface area contributed by atoms with Crippen LogP contribution < -0.4 is 27.4 Å². The van der Waals surface area contributed by atoms with Gasteiger partial charge >= 0.3 is 0 Å². The topological polar surface area (TPSA) is 149 Å². The number of carbonyl (C=O) groups excluding carboxylic acids is 1. The summed E-state index contributed by atoms with van der Waals surface area (Å²) in [6.07, 6.45) is 6.16. The van der Waals surface area contributed by atoms with Gasteiger partial charge in [-0.1, -0.05) is 12.8 Å². The molecule has 4 aliphatic rings. The van der Waals surface area contributed by atoms with Crippen LogP contribution in [0.5, 0.6) is 0 Å². The maximum Gasteiger partial charge on any atom is 0.227 e. The molecule has 35 heavy (non-hydrogen) atoms. The van der Waals surface area contributed by atoms with Crippen LogP contribution in [0, 0.1) is 11.3 Å². The molecule has 11 heteroatoms. The summed E-state index contributed by atoms with van der Waals surface area (Å²) in [4.78, 5) is 13.6. The molecule has 202 valence electrons. The van der Waals surface area contributed by atoms with Gasteiger partial charge in [0.15, 0.2) is 9.84 Å². The first-order valence-electron chi connectivity index (χ1n) is 13.4. The van der Waals surface area contributed by atoms with E-state index in [1.807, 2.05) is 0 Å². The fourth-order valence-electron chi connectivity index (χ4n) is 6.62. The maximum atomic E-state index is 14.5. The number of ether oxygens (including phenoxy) is 1. The van der Waals surface area contributed by atoms with Gasteiger partial charge in [0, 0.05) is 19.1 Å². The van der Waals surface area contributed by atoms with Crippen LogP contribution in [0.4, 0.5) is 4.39 Å². The third kappa shape index (κ3) is 7.13. The van der Waals surface area contributed by atoms with Crippen molar-refractivity contribution in [3.63, 3.8) is 0 Å². The molecular formula is C24H44FN5O4S. The van der Waals surface area contributed by atoms with Crippen LogP contribution in [0.1, 0.15) is 64.2 Å². The number of nitrogens with two attached hydrogens (primary N) is 2. The van der Waals surface area contributed by atoms with Crippen molar-refractivity contribution in [3.8, 4) is 0 Å². The molecule has 0 aromatic rings. The molecule has 1 aliphatic carbocycles. The molecule has 1 saturated carbocycles. The number of sulfone groups is 1. The molecule has 9 nitrogen and oxygen atoms in total. The number of hydrogen-bond donors (Lipinski definition) is 5. The van der Waals surface area contributed by atoms with Gasteiger partial charge in [-0.3, -0.25) is 4.79 Å². The summed E-state index contributed by atoms with van der Waals surface area (Å²) >= 11 is 0. The Morgan fingerprint density at radius 3 is 2.46 bits per heavy atom. The van der Waals surface area contributed by atoms with Gasteiger partial charge in [-0.2, -0.15) is 0 Å². The maximum absolute atomic E-state index is 14.5. The van der Waals surface area contributed by atoms with Crippen molar-refractivity contribution >= 4 is 15.7 Å². The first-order valence-corrected chi connectivity index (χ1v) is 15.2. The fraction of sp³-hybridized carbons (Fsp3) is 0.958. The Labute approximate surface area is 209 Å². The lowest BCUT2D eigenvalue weighted by atomic mass is 9.72. The van der Waals surface area contributed by atoms with Crippen LogP contribution in [0.25, 0.3) is 0 Å². The van der Waals surface area contributed by atoms with Gasteiger partial charge in [-0.05, 0) is 63.3 Å². The molecule has 5 atom stereocenters. The van der Waals surface area contributed by atoms with Crippen LogP contribution in [0.3, 0.4) is 0 Å². The summed E-state index contributed by atoms with van der Waals surface area (Å²) < 4.78 is 44.4. The molecule has 0 aromatic carbocycles. The number of halogens is 1. The Hall–Kier alpha value is -0.850. The minimum absolute atomic E-state index is 0.0508. The van der Waals surface area contributed by atoms with E-state index in [1.165, 1.54) is 0 Å². The zero-order valence-electron chi connectivity index (χ0n) is 20.7. The second-order valence-electron chi connectivity index (χ2n) is 11.3. The second kappa shape index (κ2) is 11.7. The molecule has 7 N–H and O–H groups in total. The molecule has 0 bridgehead atoms. The van der Waals surface area contributed by atoms with Crippen LogP contribution in [-0.2, 0) is 19.4 Å². The number of piperidine rings is 1. The summed E-state index contributed by atoms with van der Waals surface area (Å²) in [6.45, 7) is 1.54. The highest BCUT2D eigenvalue weighted by atomic mass is 32.2. The molecule has 1 spiro atoms. The van der Waals surface area contributed by atoms with Crippen molar-refractivity contribution < 1.29 is 22.3 Å². The average Bonchev–Trinajstić information content (AvgIpc) is 3.26. The summed E-state index contributed by atoms with van der Waals surface area (Å²) in [5.41, 5.74) is 12.4. The molecule has 4 rings (SSSR count). The van der Waals surface area contributed by atoms with Crippen LogP contribution in [-0.4, -0.2) is 82.1 Å². The minimum Gasteiger partial charge on any atom is -0.373 e. The van der Waals surface area contributed by atoms with Gasteiger partial charge in [0.1, 0.15) is 6.17 Å². The van der Waals surface area contributed by atoms with E-state index >= 15 is 0 Å². The predicted molar refractivity (Wildman–Crippen MR) is 133 cm³/mol. The molecule has 4 fully saturated rings. The summed E-state index contributed by atoms with van der Waals surface area (Å²) in [5.74, 6) is -0.613. The van der Waals surface area contributed by atoms with Gasteiger partial charge in [0.2, 0.25) is 5.91 Å². The van der Waals surface area contributed by atoms with E-state index in [-0.39, 0.29) is 53.7 Å². The number of carbonyl (C=O) groups is 1. The quantitative estimate of drug-likeness (QED) is 0.317. The lowest BCUT2D eigenvalue weighted by Crippen LogP contribution is -2.62. The lowest BCUT2D eigenvalue weighted by Gasteiger charge is -2.41. The number of hydrogen-bond acceptors (Lipinski definition) is 8. The zero-order valence-corrected chi connectivity index (χ0v) is 21.5. The Bertz CT molecular complexity index is 809. The molecule has 3 aliphatic heterocycles. The smallest absolute Gasteiger partial charge is 0.227 e. The van der Waals surface area contributed by atoms with Crippen molar-refractivity contribution in [3.05, 3.63) is 0 Å². The van der Waals surface area contributed by atoms with Crippen LogP contribution in [0.15, 0.2) is 0 Å². The normalized spacial score (nSPS) is 34.9. The van der Waals surface area contributed by atoms with Crippen molar-refractivity contribution in [2.24, 2.45) is 22.8 Å².